The summed E-state index contributed by atoms with van der Waals surface area (Å²) in [4.78, 5) is 22.4. The minimum absolute atomic E-state index is 0.0945. The van der Waals surface area contributed by atoms with E-state index in [1.165, 1.54) is 11.1 Å². The Bertz CT molecular complexity index is 896. The molecule has 0 bridgehead atoms. The monoisotopic (exact) mass is 473 g/mol. The Morgan fingerprint density at radius 2 is 1.82 bits per heavy atom. The number of carbonyl (C=O) groups is 1. The first-order valence-electron chi connectivity index (χ1n) is 12.2. The fourth-order valence-electron chi connectivity index (χ4n) is 5.10. The van der Waals surface area contributed by atoms with Crippen LogP contribution >= 0.6 is 0 Å². The summed E-state index contributed by atoms with van der Waals surface area (Å²) in [5, 5.41) is 0. The lowest BCUT2D eigenvalue weighted by molar-refractivity contribution is -0.0613. The van der Waals surface area contributed by atoms with Crippen molar-refractivity contribution in [2.45, 2.75) is 105 Å². The topological polar surface area (TPSA) is 54.9 Å². The van der Waals surface area contributed by atoms with Gasteiger partial charge in [0.1, 0.15) is 17.0 Å². The summed E-state index contributed by atoms with van der Waals surface area (Å²) in [5.41, 5.74) is 2.49. The number of anilines is 1. The number of rotatable bonds is 5. The second-order valence-electron chi connectivity index (χ2n) is 11.8. The van der Waals surface area contributed by atoms with E-state index in [0.29, 0.717) is 28.8 Å². The van der Waals surface area contributed by atoms with E-state index in [9.17, 15) is 4.79 Å². The van der Waals surface area contributed by atoms with E-state index in [1.54, 1.807) is 0 Å². The van der Waals surface area contributed by atoms with Crippen LogP contribution in [0.15, 0.2) is 6.07 Å². The number of hydrogen-bond donors (Lipinski definition) is 0. The summed E-state index contributed by atoms with van der Waals surface area (Å²) in [6.45, 7) is 24.8. The molecule has 6 nitrogen and oxygen atoms in total. The van der Waals surface area contributed by atoms with Gasteiger partial charge < -0.3 is 19.0 Å². The second-order valence-corrected chi connectivity index (χ2v) is 12.5. The van der Waals surface area contributed by atoms with Crippen LogP contribution in [0.25, 0.3) is 0 Å². The Balaban J connectivity index is 1.97. The van der Waals surface area contributed by atoms with E-state index in [2.05, 4.69) is 66.0 Å². The molecule has 2 radical (unpaired) electrons. The molecule has 0 spiro atoms. The molecule has 1 aromatic rings. The maximum absolute atomic E-state index is 12.8. The highest BCUT2D eigenvalue weighted by Gasteiger charge is 2.48. The van der Waals surface area contributed by atoms with Crippen molar-refractivity contribution in [3.8, 4) is 0 Å². The van der Waals surface area contributed by atoms with Gasteiger partial charge in [-0.05, 0) is 77.6 Å². The number of pyridine rings is 1. The van der Waals surface area contributed by atoms with Crippen LogP contribution < -0.4 is 4.90 Å². The van der Waals surface area contributed by atoms with Crippen molar-refractivity contribution in [2.24, 2.45) is 11.3 Å². The Kier molecular flexibility index (Phi) is 7.00. The Hall–Kier alpha value is -1.60. The first kappa shape index (κ1) is 26.0. The Morgan fingerprint density at radius 1 is 1.18 bits per heavy atom. The zero-order valence-electron chi connectivity index (χ0n) is 22.5. The predicted octanol–water partition coefficient (Wildman–Crippen LogP) is 5.34. The number of amides is 1. The minimum Gasteiger partial charge on any atom is -0.444 e. The van der Waals surface area contributed by atoms with Crippen molar-refractivity contribution >= 4 is 21.7 Å². The molecule has 0 N–H and O–H groups in total. The molecule has 1 unspecified atom stereocenters. The van der Waals surface area contributed by atoms with Gasteiger partial charge in [-0.2, -0.15) is 0 Å². The van der Waals surface area contributed by atoms with Crippen molar-refractivity contribution in [1.29, 1.82) is 0 Å². The summed E-state index contributed by atoms with van der Waals surface area (Å²) in [7, 11) is 0.380. The summed E-state index contributed by atoms with van der Waals surface area (Å²) in [5.74, 6) is 1.50. The molecule has 1 fully saturated rings. The molecule has 0 saturated carbocycles. The number of aryl methyl sites for hydroxylation is 1. The molecule has 2 aliphatic heterocycles. The third kappa shape index (κ3) is 4.68. The molecule has 1 aromatic heterocycles. The van der Waals surface area contributed by atoms with Crippen LogP contribution in [-0.2, 0) is 21.2 Å². The molecule has 2 aliphatic rings. The average Bonchev–Trinajstić information content (AvgIpc) is 3.06. The van der Waals surface area contributed by atoms with Crippen LogP contribution in [0.4, 0.5) is 10.6 Å². The van der Waals surface area contributed by atoms with E-state index in [4.69, 9.17) is 14.1 Å². The van der Waals surface area contributed by atoms with Crippen molar-refractivity contribution in [3.63, 3.8) is 0 Å². The molecular weight excluding hydrogens is 430 g/mol. The van der Waals surface area contributed by atoms with Gasteiger partial charge in [0.05, 0.1) is 11.7 Å². The van der Waals surface area contributed by atoms with Gasteiger partial charge in [-0.1, -0.05) is 27.7 Å². The number of nitrogens with zero attached hydrogens (tertiary/aromatic N) is 3. The molecule has 0 aromatic carbocycles. The van der Waals surface area contributed by atoms with Crippen molar-refractivity contribution < 1.29 is 14.0 Å². The van der Waals surface area contributed by atoms with Gasteiger partial charge in [0.25, 0.3) is 0 Å². The zero-order chi connectivity index (χ0) is 24.9. The zero-order valence-corrected chi connectivity index (χ0v) is 23.5. The SMILES string of the molecule is C[Si]OC(C)(c1cc(C)c2c(n1)N1[C@H](C2)CN(C(=O)OC(C)(C)C)C[C@H]1C)C(C)(C)C(C)C. The summed E-state index contributed by atoms with van der Waals surface area (Å²) in [6, 6.07) is 2.62. The number of fused-ring (bicyclic) bond motifs is 3. The Morgan fingerprint density at radius 3 is 2.36 bits per heavy atom. The van der Waals surface area contributed by atoms with Gasteiger partial charge in [-0.15, -0.1) is 0 Å². The number of ether oxygens (including phenoxy) is 1. The normalized spacial score (nSPS) is 22.8. The van der Waals surface area contributed by atoms with Crippen LogP contribution in [0.1, 0.15) is 79.1 Å². The number of aromatic nitrogens is 1. The van der Waals surface area contributed by atoms with Gasteiger partial charge in [0.15, 0.2) is 0 Å². The number of carbonyl (C=O) groups excluding carboxylic acids is 1. The van der Waals surface area contributed by atoms with Crippen LogP contribution in [0, 0.1) is 18.3 Å². The number of hydrogen-bond acceptors (Lipinski definition) is 5. The highest BCUT2D eigenvalue weighted by molar-refractivity contribution is 6.25. The summed E-state index contributed by atoms with van der Waals surface area (Å²) < 4.78 is 12.2. The second kappa shape index (κ2) is 8.88. The summed E-state index contributed by atoms with van der Waals surface area (Å²) in [6.07, 6.45) is 0.678. The fraction of sp³-hybridized carbons (Fsp3) is 0.769. The molecular formula is C26H43N3O3Si. The number of piperazine rings is 1. The smallest absolute Gasteiger partial charge is 0.410 e. The van der Waals surface area contributed by atoms with Crippen molar-refractivity contribution in [1.82, 2.24) is 9.88 Å². The van der Waals surface area contributed by atoms with Crippen molar-refractivity contribution in [3.05, 3.63) is 22.9 Å². The summed E-state index contributed by atoms with van der Waals surface area (Å²) >= 11 is 0. The maximum atomic E-state index is 12.8. The molecule has 3 rings (SSSR count). The fourth-order valence-corrected chi connectivity index (χ4v) is 5.88. The van der Waals surface area contributed by atoms with Gasteiger partial charge in [-0.3, -0.25) is 0 Å². The van der Waals surface area contributed by atoms with Gasteiger partial charge in [-0.25, -0.2) is 9.78 Å². The minimum atomic E-state index is -0.492. The van der Waals surface area contributed by atoms with Crippen LogP contribution in [0.5, 0.6) is 0 Å². The molecule has 184 valence electrons. The van der Waals surface area contributed by atoms with Gasteiger partial charge in [0, 0.05) is 24.5 Å². The largest absolute Gasteiger partial charge is 0.444 e. The van der Waals surface area contributed by atoms with E-state index in [0.717, 1.165) is 17.9 Å². The molecule has 1 saturated heterocycles. The molecule has 33 heavy (non-hydrogen) atoms. The average molecular weight is 474 g/mol. The molecule has 0 aliphatic carbocycles. The first-order valence-corrected chi connectivity index (χ1v) is 13.6. The molecule has 1 amide bonds. The highest BCUT2D eigenvalue weighted by atomic mass is 28.2. The predicted molar refractivity (Wildman–Crippen MR) is 135 cm³/mol. The molecule has 3 heterocycles. The van der Waals surface area contributed by atoms with Crippen molar-refractivity contribution in [2.75, 3.05) is 18.0 Å². The lowest BCUT2D eigenvalue weighted by Crippen LogP contribution is -2.58. The van der Waals surface area contributed by atoms with Gasteiger partial charge in [0.2, 0.25) is 9.76 Å². The third-order valence-corrected chi connectivity index (χ3v) is 8.53. The molecule has 7 heteroatoms. The highest BCUT2D eigenvalue weighted by Crippen LogP contribution is 2.48. The van der Waals surface area contributed by atoms with Crippen LogP contribution in [0.2, 0.25) is 6.55 Å². The lowest BCUT2D eigenvalue weighted by atomic mass is 9.67. The molecule has 3 atom stereocenters. The van der Waals surface area contributed by atoms with Crippen LogP contribution in [-0.4, -0.2) is 56.5 Å². The Labute approximate surface area is 203 Å². The maximum Gasteiger partial charge on any atom is 0.410 e. The quantitative estimate of drug-likeness (QED) is 0.540. The lowest BCUT2D eigenvalue weighted by Gasteiger charge is -2.47. The van der Waals surface area contributed by atoms with Crippen LogP contribution in [0.3, 0.4) is 0 Å². The van der Waals surface area contributed by atoms with E-state index in [1.807, 2.05) is 25.7 Å². The first-order chi connectivity index (χ1) is 15.1. The van der Waals surface area contributed by atoms with E-state index < -0.39 is 11.2 Å². The van der Waals surface area contributed by atoms with E-state index >= 15 is 0 Å². The standard InChI is InChI=1S/C26H43N3O3Si/c1-16(2)25(8,9)26(10,32-33-11)21-12-17(3)20-13-19-15-28(23(30)31-24(5,6)7)14-18(4)29(19)22(20)27-21/h12,16,18-19H,13-15H2,1-11H3/t18-,19-,26?/m1/s1. The van der Waals surface area contributed by atoms with Gasteiger partial charge >= 0.3 is 6.09 Å². The third-order valence-electron chi connectivity index (χ3n) is 7.91. The van der Waals surface area contributed by atoms with E-state index in [-0.39, 0.29) is 23.6 Å².